The minimum atomic E-state index is -1.09. The van der Waals surface area contributed by atoms with E-state index in [0.717, 1.165) is 5.56 Å². The van der Waals surface area contributed by atoms with Gasteiger partial charge in [-0.3, -0.25) is 4.79 Å². The number of amides is 1. The van der Waals surface area contributed by atoms with Crippen LogP contribution >= 0.6 is 0 Å². The molecule has 3 aromatic carbocycles. The lowest BCUT2D eigenvalue weighted by atomic mass is 10.2. The fourth-order valence-corrected chi connectivity index (χ4v) is 2.51. The van der Waals surface area contributed by atoms with E-state index in [0.29, 0.717) is 12.4 Å². The fraction of sp³-hybridized carbons (Fsp3) is 0.130. The Balaban J connectivity index is 1.53. The highest BCUT2D eigenvalue weighted by Crippen LogP contribution is 2.16. The Morgan fingerprint density at radius 1 is 0.931 bits per heavy atom. The summed E-state index contributed by atoms with van der Waals surface area (Å²) >= 11 is 0. The van der Waals surface area contributed by atoms with E-state index in [-0.39, 0.29) is 11.3 Å². The number of anilines is 1. The Morgan fingerprint density at radius 3 is 2.28 bits per heavy atom. The van der Waals surface area contributed by atoms with Crippen LogP contribution in [0.4, 0.5) is 10.1 Å². The molecular formula is C23H20FNO4. The molecule has 0 heterocycles. The van der Waals surface area contributed by atoms with Crippen molar-refractivity contribution in [1.29, 1.82) is 0 Å². The first-order valence-electron chi connectivity index (χ1n) is 9.06. The summed E-state index contributed by atoms with van der Waals surface area (Å²) in [7, 11) is 0. The molecule has 0 bridgehead atoms. The summed E-state index contributed by atoms with van der Waals surface area (Å²) in [5.41, 5.74) is 1.34. The van der Waals surface area contributed by atoms with Gasteiger partial charge in [0.1, 0.15) is 18.2 Å². The topological polar surface area (TPSA) is 64.6 Å². The number of rotatable bonds is 7. The third-order valence-corrected chi connectivity index (χ3v) is 4.12. The SMILES string of the molecule is C[C@@H](OC(=O)c1ccc(OCc2ccccc2)cc1)C(=O)Nc1ccccc1F. The van der Waals surface area contributed by atoms with Gasteiger partial charge in [0.2, 0.25) is 0 Å². The summed E-state index contributed by atoms with van der Waals surface area (Å²) in [5, 5.41) is 2.40. The van der Waals surface area contributed by atoms with Gasteiger partial charge in [-0.1, -0.05) is 42.5 Å². The lowest BCUT2D eigenvalue weighted by Crippen LogP contribution is -2.30. The zero-order valence-electron chi connectivity index (χ0n) is 15.8. The monoisotopic (exact) mass is 393 g/mol. The van der Waals surface area contributed by atoms with Gasteiger partial charge in [0.05, 0.1) is 11.3 Å². The number of para-hydroxylation sites is 1. The van der Waals surface area contributed by atoms with Crippen molar-refractivity contribution in [1.82, 2.24) is 0 Å². The molecule has 1 N–H and O–H groups in total. The highest BCUT2D eigenvalue weighted by molar-refractivity contribution is 5.97. The van der Waals surface area contributed by atoms with E-state index < -0.39 is 23.8 Å². The van der Waals surface area contributed by atoms with Gasteiger partial charge < -0.3 is 14.8 Å². The second-order valence-electron chi connectivity index (χ2n) is 6.32. The van der Waals surface area contributed by atoms with Crippen LogP contribution < -0.4 is 10.1 Å². The Hall–Kier alpha value is -3.67. The molecule has 5 nitrogen and oxygen atoms in total. The summed E-state index contributed by atoms with van der Waals surface area (Å²) in [6, 6.07) is 21.9. The number of ether oxygens (including phenoxy) is 2. The predicted octanol–water partition coefficient (Wildman–Crippen LogP) is 4.59. The Kier molecular flexibility index (Phi) is 6.58. The molecule has 29 heavy (non-hydrogen) atoms. The second kappa shape index (κ2) is 9.50. The first-order valence-corrected chi connectivity index (χ1v) is 9.06. The molecule has 3 rings (SSSR count). The number of halogens is 1. The molecule has 0 aliphatic carbocycles. The van der Waals surface area contributed by atoms with Crippen LogP contribution in [0.2, 0.25) is 0 Å². The molecule has 0 saturated carbocycles. The van der Waals surface area contributed by atoms with E-state index in [2.05, 4.69) is 5.32 Å². The lowest BCUT2D eigenvalue weighted by molar-refractivity contribution is -0.123. The molecule has 0 aliphatic rings. The molecule has 1 atom stereocenters. The molecular weight excluding hydrogens is 373 g/mol. The first kappa shape index (κ1) is 20.1. The first-order chi connectivity index (χ1) is 14.0. The fourth-order valence-electron chi connectivity index (χ4n) is 2.51. The molecule has 0 unspecified atom stereocenters. The average molecular weight is 393 g/mol. The van der Waals surface area contributed by atoms with E-state index in [1.54, 1.807) is 30.3 Å². The van der Waals surface area contributed by atoms with Crippen molar-refractivity contribution < 1.29 is 23.5 Å². The van der Waals surface area contributed by atoms with Crippen LogP contribution in [0.15, 0.2) is 78.9 Å². The second-order valence-corrected chi connectivity index (χ2v) is 6.32. The van der Waals surface area contributed by atoms with Crippen LogP contribution in [0.1, 0.15) is 22.8 Å². The number of hydrogen-bond acceptors (Lipinski definition) is 4. The molecule has 6 heteroatoms. The van der Waals surface area contributed by atoms with E-state index in [4.69, 9.17) is 9.47 Å². The summed E-state index contributed by atoms with van der Waals surface area (Å²) in [4.78, 5) is 24.4. The largest absolute Gasteiger partial charge is 0.489 e. The predicted molar refractivity (Wildman–Crippen MR) is 107 cm³/mol. The van der Waals surface area contributed by atoms with Crippen LogP contribution in [-0.2, 0) is 16.1 Å². The number of carbonyl (C=O) groups is 2. The van der Waals surface area contributed by atoms with Gasteiger partial charge >= 0.3 is 5.97 Å². The van der Waals surface area contributed by atoms with Crippen molar-refractivity contribution in [3.8, 4) is 5.75 Å². The summed E-state index contributed by atoms with van der Waals surface area (Å²) < 4.78 is 24.5. The quantitative estimate of drug-likeness (QED) is 0.597. The van der Waals surface area contributed by atoms with Crippen molar-refractivity contribution in [2.45, 2.75) is 19.6 Å². The Morgan fingerprint density at radius 2 is 1.59 bits per heavy atom. The van der Waals surface area contributed by atoms with Crippen LogP contribution in [0.5, 0.6) is 5.75 Å². The van der Waals surface area contributed by atoms with Crippen molar-refractivity contribution in [2.75, 3.05) is 5.32 Å². The minimum Gasteiger partial charge on any atom is -0.489 e. The summed E-state index contributed by atoms with van der Waals surface area (Å²) in [6.45, 7) is 1.84. The molecule has 0 spiro atoms. The smallest absolute Gasteiger partial charge is 0.338 e. The number of esters is 1. The zero-order valence-corrected chi connectivity index (χ0v) is 15.8. The highest BCUT2D eigenvalue weighted by atomic mass is 19.1. The third-order valence-electron chi connectivity index (χ3n) is 4.12. The Bertz CT molecular complexity index is 974. The maximum absolute atomic E-state index is 13.6. The minimum absolute atomic E-state index is 0.0281. The van der Waals surface area contributed by atoms with Gasteiger partial charge in [-0.2, -0.15) is 0 Å². The van der Waals surface area contributed by atoms with E-state index in [1.165, 1.54) is 25.1 Å². The van der Waals surface area contributed by atoms with E-state index in [9.17, 15) is 14.0 Å². The molecule has 148 valence electrons. The molecule has 0 fully saturated rings. The average Bonchev–Trinajstić information content (AvgIpc) is 2.75. The zero-order chi connectivity index (χ0) is 20.6. The summed E-state index contributed by atoms with van der Waals surface area (Å²) in [6.07, 6.45) is -1.09. The van der Waals surface area contributed by atoms with Gasteiger partial charge in [-0.05, 0) is 48.9 Å². The van der Waals surface area contributed by atoms with Crippen molar-refractivity contribution in [2.24, 2.45) is 0 Å². The van der Waals surface area contributed by atoms with E-state index >= 15 is 0 Å². The van der Waals surface area contributed by atoms with Crippen molar-refractivity contribution in [3.05, 3.63) is 95.8 Å². The number of carbonyl (C=O) groups excluding carboxylic acids is 2. The molecule has 0 saturated heterocycles. The molecule has 3 aromatic rings. The van der Waals surface area contributed by atoms with Gasteiger partial charge in [-0.25, -0.2) is 9.18 Å². The summed E-state index contributed by atoms with van der Waals surface area (Å²) in [5.74, 6) is -1.23. The standard InChI is InChI=1S/C23H20FNO4/c1-16(22(26)25-21-10-6-5-9-20(21)24)29-23(27)18-11-13-19(14-12-18)28-15-17-7-3-2-4-8-17/h2-14,16H,15H2,1H3,(H,25,26)/t16-/m1/s1. The van der Waals surface area contributed by atoms with Gasteiger partial charge in [0, 0.05) is 0 Å². The van der Waals surface area contributed by atoms with Gasteiger partial charge in [0.25, 0.3) is 5.91 Å². The van der Waals surface area contributed by atoms with Crippen molar-refractivity contribution >= 4 is 17.6 Å². The molecule has 0 radical (unpaired) electrons. The number of nitrogens with one attached hydrogen (secondary N) is 1. The lowest BCUT2D eigenvalue weighted by Gasteiger charge is -2.14. The molecule has 1 amide bonds. The van der Waals surface area contributed by atoms with Crippen LogP contribution in [0.3, 0.4) is 0 Å². The van der Waals surface area contributed by atoms with Gasteiger partial charge in [-0.15, -0.1) is 0 Å². The van der Waals surface area contributed by atoms with Crippen LogP contribution in [-0.4, -0.2) is 18.0 Å². The maximum atomic E-state index is 13.6. The third kappa shape index (κ3) is 5.65. The highest BCUT2D eigenvalue weighted by Gasteiger charge is 2.20. The van der Waals surface area contributed by atoms with E-state index in [1.807, 2.05) is 30.3 Å². The van der Waals surface area contributed by atoms with Crippen LogP contribution in [0.25, 0.3) is 0 Å². The normalized spacial score (nSPS) is 11.4. The van der Waals surface area contributed by atoms with Crippen molar-refractivity contribution in [3.63, 3.8) is 0 Å². The van der Waals surface area contributed by atoms with Crippen LogP contribution in [0, 0.1) is 5.82 Å². The Labute approximate surface area is 168 Å². The number of hydrogen-bond donors (Lipinski definition) is 1. The van der Waals surface area contributed by atoms with Gasteiger partial charge in [0.15, 0.2) is 6.10 Å². The maximum Gasteiger partial charge on any atom is 0.338 e. The molecule has 0 aliphatic heterocycles. The number of benzene rings is 3. The molecule has 0 aromatic heterocycles.